The fourth-order valence-corrected chi connectivity index (χ4v) is 3.94. The summed E-state index contributed by atoms with van der Waals surface area (Å²) in [6.45, 7) is 0.261. The lowest BCUT2D eigenvalue weighted by Gasteiger charge is -2.12. The van der Waals surface area contributed by atoms with Crippen LogP contribution in [0.5, 0.6) is 5.75 Å². The normalized spacial score (nSPS) is 14.8. The molecule has 1 saturated heterocycles. The number of carbonyl (C=O) groups is 2. The number of anilines is 1. The van der Waals surface area contributed by atoms with E-state index in [1.807, 2.05) is 0 Å². The molecule has 0 aliphatic carbocycles. The summed E-state index contributed by atoms with van der Waals surface area (Å²) in [6.07, 6.45) is 1.65. The molecule has 0 saturated carbocycles. The zero-order valence-corrected chi connectivity index (χ0v) is 18.0. The number of rotatable bonds is 6. The minimum atomic E-state index is -0.451. The molecule has 32 heavy (non-hydrogen) atoms. The second kappa shape index (κ2) is 9.25. The van der Waals surface area contributed by atoms with E-state index in [4.69, 9.17) is 16.3 Å². The summed E-state index contributed by atoms with van der Waals surface area (Å²) in [7, 11) is 0. The van der Waals surface area contributed by atoms with Crippen molar-refractivity contribution in [2.24, 2.45) is 0 Å². The minimum absolute atomic E-state index is 0.0265. The maximum Gasteiger partial charge on any atom is 0.298 e. The summed E-state index contributed by atoms with van der Waals surface area (Å²) in [4.78, 5) is 36.8. The predicted molar refractivity (Wildman–Crippen MR) is 124 cm³/mol. The van der Waals surface area contributed by atoms with Crippen molar-refractivity contribution in [1.29, 1.82) is 0 Å². The van der Waals surface area contributed by atoms with Crippen molar-refractivity contribution in [1.82, 2.24) is 0 Å². The number of nitro groups is 1. The monoisotopic (exact) mass is 466 g/mol. The molecule has 3 aromatic rings. The van der Waals surface area contributed by atoms with E-state index in [0.717, 1.165) is 27.8 Å². The number of amides is 2. The van der Waals surface area contributed by atoms with E-state index in [0.29, 0.717) is 21.4 Å². The summed E-state index contributed by atoms with van der Waals surface area (Å²) >= 11 is 6.75. The van der Waals surface area contributed by atoms with Crippen LogP contribution in [0.2, 0.25) is 5.02 Å². The number of hydrogen-bond donors (Lipinski definition) is 0. The third kappa shape index (κ3) is 4.82. The summed E-state index contributed by atoms with van der Waals surface area (Å²) in [5.74, 6) is 0.218. The number of hydrogen-bond acceptors (Lipinski definition) is 6. The molecule has 9 heteroatoms. The fraction of sp³-hybridized carbons (Fsp3) is 0.0435. The van der Waals surface area contributed by atoms with Gasteiger partial charge < -0.3 is 4.74 Å². The van der Waals surface area contributed by atoms with Gasteiger partial charge in [0, 0.05) is 17.2 Å². The van der Waals surface area contributed by atoms with E-state index in [1.165, 1.54) is 12.1 Å². The molecule has 0 unspecified atom stereocenters. The molecule has 0 radical (unpaired) electrons. The Balaban J connectivity index is 1.41. The standard InChI is InChI=1S/C23H15ClN2O5S/c24-17-5-9-18(10-6-17)25-22(27)21(32-23(25)28)13-15-3-11-20(12-4-15)31-14-16-1-7-19(8-2-16)26(29)30/h1-13H,14H2/b21-13+. The molecule has 1 aliphatic heterocycles. The second-order valence-electron chi connectivity index (χ2n) is 6.77. The van der Waals surface area contributed by atoms with E-state index >= 15 is 0 Å². The maximum absolute atomic E-state index is 12.7. The van der Waals surface area contributed by atoms with Gasteiger partial charge in [0.05, 0.1) is 15.5 Å². The Kier molecular flexibility index (Phi) is 6.25. The van der Waals surface area contributed by atoms with Crippen molar-refractivity contribution in [3.8, 4) is 5.75 Å². The number of carbonyl (C=O) groups excluding carboxylic acids is 2. The SMILES string of the molecule is O=C1S/C(=C/c2ccc(OCc3ccc([N+](=O)[O-])cc3)cc2)C(=O)N1c1ccc(Cl)cc1. The average molecular weight is 467 g/mol. The number of nitro benzene ring substituents is 1. The van der Waals surface area contributed by atoms with Crippen molar-refractivity contribution in [2.45, 2.75) is 6.61 Å². The van der Waals surface area contributed by atoms with Gasteiger partial charge in [-0.3, -0.25) is 19.7 Å². The van der Waals surface area contributed by atoms with Crippen LogP contribution in [-0.4, -0.2) is 16.1 Å². The number of ether oxygens (including phenoxy) is 1. The van der Waals surface area contributed by atoms with Crippen molar-refractivity contribution in [3.05, 3.63) is 104 Å². The molecule has 0 aromatic heterocycles. The largest absolute Gasteiger partial charge is 0.489 e. The van der Waals surface area contributed by atoms with Crippen LogP contribution in [0.3, 0.4) is 0 Å². The first-order chi connectivity index (χ1) is 15.4. The molecule has 1 fully saturated rings. The highest BCUT2D eigenvalue weighted by molar-refractivity contribution is 8.19. The van der Waals surface area contributed by atoms with E-state index in [2.05, 4.69) is 0 Å². The lowest BCUT2D eigenvalue weighted by Crippen LogP contribution is -2.27. The smallest absolute Gasteiger partial charge is 0.298 e. The van der Waals surface area contributed by atoms with Crippen LogP contribution in [-0.2, 0) is 11.4 Å². The van der Waals surface area contributed by atoms with Gasteiger partial charge in [0.1, 0.15) is 12.4 Å². The Labute approximate surface area is 192 Å². The van der Waals surface area contributed by atoms with Gasteiger partial charge >= 0.3 is 0 Å². The molecule has 7 nitrogen and oxygen atoms in total. The van der Waals surface area contributed by atoms with E-state index in [1.54, 1.807) is 66.7 Å². The number of halogens is 1. The molecule has 160 valence electrons. The molecule has 0 spiro atoms. The molecular formula is C23H15ClN2O5S. The maximum atomic E-state index is 12.7. The van der Waals surface area contributed by atoms with E-state index in [-0.39, 0.29) is 23.4 Å². The van der Waals surface area contributed by atoms with Crippen LogP contribution in [0.4, 0.5) is 16.2 Å². The van der Waals surface area contributed by atoms with Crippen LogP contribution in [0.25, 0.3) is 6.08 Å². The number of thioether (sulfide) groups is 1. The highest BCUT2D eigenvalue weighted by Gasteiger charge is 2.36. The Morgan fingerprint density at radius 1 is 0.969 bits per heavy atom. The van der Waals surface area contributed by atoms with Gasteiger partial charge in [-0.1, -0.05) is 23.7 Å². The summed E-state index contributed by atoms with van der Waals surface area (Å²) in [5, 5.41) is 10.9. The van der Waals surface area contributed by atoms with E-state index < -0.39 is 4.92 Å². The van der Waals surface area contributed by atoms with Crippen LogP contribution in [0.1, 0.15) is 11.1 Å². The molecule has 2 amide bonds. The zero-order chi connectivity index (χ0) is 22.7. The Morgan fingerprint density at radius 2 is 1.62 bits per heavy atom. The van der Waals surface area contributed by atoms with Gasteiger partial charge in [0.15, 0.2) is 0 Å². The summed E-state index contributed by atoms with van der Waals surface area (Å²) < 4.78 is 5.70. The van der Waals surface area contributed by atoms with Crippen molar-refractivity contribution < 1.29 is 19.2 Å². The average Bonchev–Trinajstić information content (AvgIpc) is 3.07. The molecule has 0 atom stereocenters. The van der Waals surface area contributed by atoms with Gasteiger partial charge in [-0.05, 0) is 77.5 Å². The van der Waals surface area contributed by atoms with E-state index in [9.17, 15) is 19.7 Å². The van der Waals surface area contributed by atoms with Crippen LogP contribution < -0.4 is 9.64 Å². The summed E-state index contributed by atoms with van der Waals surface area (Å²) in [5.41, 5.74) is 2.04. The topological polar surface area (TPSA) is 89.7 Å². The lowest BCUT2D eigenvalue weighted by atomic mass is 10.2. The first kappa shape index (κ1) is 21.6. The quantitative estimate of drug-likeness (QED) is 0.249. The number of nitrogens with zero attached hydrogens (tertiary/aromatic N) is 2. The highest BCUT2D eigenvalue weighted by Crippen LogP contribution is 2.36. The van der Waals surface area contributed by atoms with Crippen molar-refractivity contribution in [3.63, 3.8) is 0 Å². The van der Waals surface area contributed by atoms with Crippen LogP contribution >= 0.6 is 23.4 Å². The van der Waals surface area contributed by atoms with Crippen molar-refractivity contribution in [2.75, 3.05) is 4.90 Å². The Bertz CT molecular complexity index is 1210. The van der Waals surface area contributed by atoms with Gasteiger partial charge in [-0.2, -0.15) is 0 Å². The lowest BCUT2D eigenvalue weighted by molar-refractivity contribution is -0.384. The molecule has 1 aliphatic rings. The van der Waals surface area contributed by atoms with Gasteiger partial charge in [-0.15, -0.1) is 0 Å². The predicted octanol–water partition coefficient (Wildman–Crippen LogP) is 6.07. The second-order valence-corrected chi connectivity index (χ2v) is 8.20. The molecule has 1 heterocycles. The van der Waals surface area contributed by atoms with Gasteiger partial charge in [-0.25, -0.2) is 4.90 Å². The van der Waals surface area contributed by atoms with Crippen LogP contribution in [0, 0.1) is 10.1 Å². The van der Waals surface area contributed by atoms with Crippen LogP contribution in [0.15, 0.2) is 77.7 Å². The molecule has 3 aromatic carbocycles. The number of benzene rings is 3. The summed E-state index contributed by atoms with van der Waals surface area (Å²) in [6, 6.07) is 19.7. The Morgan fingerprint density at radius 3 is 2.25 bits per heavy atom. The third-order valence-corrected chi connectivity index (χ3v) is 5.73. The van der Waals surface area contributed by atoms with Gasteiger partial charge in [0.2, 0.25) is 0 Å². The minimum Gasteiger partial charge on any atom is -0.489 e. The first-order valence-electron chi connectivity index (χ1n) is 9.40. The number of non-ortho nitro benzene ring substituents is 1. The Hall–Kier alpha value is -3.62. The number of imide groups is 1. The third-order valence-electron chi connectivity index (χ3n) is 4.61. The molecule has 0 bridgehead atoms. The van der Waals surface area contributed by atoms with Gasteiger partial charge in [0.25, 0.3) is 16.8 Å². The molecular weight excluding hydrogens is 452 g/mol. The zero-order valence-electron chi connectivity index (χ0n) is 16.4. The highest BCUT2D eigenvalue weighted by atomic mass is 35.5. The fourth-order valence-electron chi connectivity index (χ4n) is 2.97. The molecule has 0 N–H and O–H groups in total. The van der Waals surface area contributed by atoms with Crippen molar-refractivity contribution >= 4 is 52.0 Å². The first-order valence-corrected chi connectivity index (χ1v) is 10.6. The molecule has 4 rings (SSSR count).